The van der Waals surface area contributed by atoms with E-state index in [0.29, 0.717) is 25.1 Å². The molecule has 2 atom stereocenters. The van der Waals surface area contributed by atoms with Crippen LogP contribution in [0.15, 0.2) is 24.3 Å². The SMILES string of the molecule is CC(CCNC(=O)c1cccc(CN)c1)S(C)=O. The number of nitrogens with one attached hydrogen (secondary N) is 1. The Morgan fingerprint density at radius 2 is 2.22 bits per heavy atom. The van der Waals surface area contributed by atoms with E-state index in [0.717, 1.165) is 5.56 Å². The molecule has 2 unspecified atom stereocenters. The van der Waals surface area contributed by atoms with E-state index in [1.807, 2.05) is 19.1 Å². The maximum Gasteiger partial charge on any atom is 0.251 e. The third-order valence-corrected chi connectivity index (χ3v) is 4.20. The Morgan fingerprint density at radius 3 is 2.83 bits per heavy atom. The highest BCUT2D eigenvalue weighted by molar-refractivity contribution is 7.84. The second kappa shape index (κ2) is 7.28. The molecule has 0 aliphatic rings. The predicted octanol–water partition coefficient (Wildman–Crippen LogP) is 1.03. The smallest absolute Gasteiger partial charge is 0.251 e. The van der Waals surface area contributed by atoms with Gasteiger partial charge in [0.05, 0.1) is 0 Å². The Hall–Kier alpha value is -1.20. The van der Waals surface area contributed by atoms with Crippen molar-refractivity contribution in [1.82, 2.24) is 5.32 Å². The number of carbonyl (C=O) groups excluding carboxylic acids is 1. The fourth-order valence-corrected chi connectivity index (χ4v) is 1.95. The number of nitrogens with two attached hydrogens (primary N) is 1. The van der Waals surface area contributed by atoms with E-state index in [9.17, 15) is 9.00 Å². The lowest BCUT2D eigenvalue weighted by molar-refractivity contribution is 0.0953. The summed E-state index contributed by atoms with van der Waals surface area (Å²) in [6, 6.07) is 7.26. The van der Waals surface area contributed by atoms with Crippen LogP contribution >= 0.6 is 0 Å². The number of carbonyl (C=O) groups is 1. The normalized spacial score (nSPS) is 13.9. The monoisotopic (exact) mass is 268 g/mol. The number of benzene rings is 1. The molecule has 3 N–H and O–H groups in total. The summed E-state index contributed by atoms with van der Waals surface area (Å²) in [6.45, 7) is 2.87. The van der Waals surface area contributed by atoms with E-state index >= 15 is 0 Å². The first-order valence-electron chi connectivity index (χ1n) is 5.94. The number of rotatable bonds is 6. The van der Waals surface area contributed by atoms with Crippen LogP contribution in [-0.4, -0.2) is 28.2 Å². The summed E-state index contributed by atoms with van der Waals surface area (Å²) in [4.78, 5) is 11.8. The Labute approximate surface area is 110 Å². The van der Waals surface area contributed by atoms with Crippen LogP contribution < -0.4 is 11.1 Å². The molecule has 0 saturated heterocycles. The van der Waals surface area contributed by atoms with E-state index < -0.39 is 10.8 Å². The van der Waals surface area contributed by atoms with E-state index in [-0.39, 0.29) is 11.2 Å². The Morgan fingerprint density at radius 1 is 1.50 bits per heavy atom. The lowest BCUT2D eigenvalue weighted by atomic mass is 10.1. The van der Waals surface area contributed by atoms with E-state index in [1.54, 1.807) is 18.4 Å². The highest BCUT2D eigenvalue weighted by Crippen LogP contribution is 2.05. The van der Waals surface area contributed by atoms with E-state index in [4.69, 9.17) is 5.73 Å². The van der Waals surface area contributed by atoms with E-state index in [2.05, 4.69) is 5.32 Å². The maximum atomic E-state index is 11.8. The van der Waals surface area contributed by atoms with Gasteiger partial charge < -0.3 is 11.1 Å². The molecule has 1 aromatic rings. The maximum absolute atomic E-state index is 11.8. The first-order chi connectivity index (χ1) is 8.54. The van der Waals surface area contributed by atoms with Gasteiger partial charge in [-0.3, -0.25) is 9.00 Å². The highest BCUT2D eigenvalue weighted by Gasteiger charge is 2.08. The Balaban J connectivity index is 2.47. The molecule has 0 saturated carbocycles. The van der Waals surface area contributed by atoms with Crippen LogP contribution in [0.5, 0.6) is 0 Å². The molecule has 0 aromatic heterocycles. The van der Waals surface area contributed by atoms with Gasteiger partial charge in [0.1, 0.15) is 0 Å². The molecule has 0 bridgehead atoms. The molecule has 0 radical (unpaired) electrons. The van der Waals surface area contributed by atoms with Crippen LogP contribution in [0.1, 0.15) is 29.3 Å². The van der Waals surface area contributed by atoms with Crippen LogP contribution in [0, 0.1) is 0 Å². The molecule has 0 aliphatic heterocycles. The summed E-state index contributed by atoms with van der Waals surface area (Å²) in [5.74, 6) is -0.112. The summed E-state index contributed by atoms with van der Waals surface area (Å²) < 4.78 is 11.2. The quantitative estimate of drug-likeness (QED) is 0.809. The van der Waals surface area contributed by atoms with Crippen molar-refractivity contribution in [2.24, 2.45) is 5.73 Å². The van der Waals surface area contributed by atoms with Crippen molar-refractivity contribution in [1.29, 1.82) is 0 Å². The molecule has 1 rings (SSSR count). The van der Waals surface area contributed by atoms with Gasteiger partial charge in [-0.25, -0.2) is 0 Å². The molecule has 0 fully saturated rings. The molecular formula is C13H20N2O2S. The molecule has 0 aliphatic carbocycles. The Kier molecular flexibility index (Phi) is 6.01. The largest absolute Gasteiger partial charge is 0.352 e. The first-order valence-corrected chi connectivity index (χ1v) is 7.56. The van der Waals surface area contributed by atoms with Crippen LogP contribution in [0.25, 0.3) is 0 Å². The standard InChI is InChI=1S/C13H20N2O2S/c1-10(18(2)17)6-7-15-13(16)12-5-3-4-11(8-12)9-14/h3-5,8,10H,6-7,9,14H2,1-2H3,(H,15,16). The zero-order valence-corrected chi connectivity index (χ0v) is 11.6. The minimum absolute atomic E-state index is 0.0978. The van der Waals surface area contributed by atoms with Crippen LogP contribution in [0.4, 0.5) is 0 Å². The van der Waals surface area contributed by atoms with Crippen molar-refractivity contribution in [3.8, 4) is 0 Å². The molecule has 1 aromatic carbocycles. The zero-order valence-electron chi connectivity index (χ0n) is 10.8. The van der Waals surface area contributed by atoms with Crippen molar-refractivity contribution >= 4 is 16.7 Å². The number of amides is 1. The third kappa shape index (κ3) is 4.58. The first kappa shape index (κ1) is 14.9. The fraction of sp³-hybridized carbons (Fsp3) is 0.462. The molecule has 100 valence electrons. The lowest BCUT2D eigenvalue weighted by Gasteiger charge is -2.09. The van der Waals surface area contributed by atoms with E-state index in [1.165, 1.54) is 0 Å². The third-order valence-electron chi connectivity index (χ3n) is 2.83. The molecule has 5 heteroatoms. The van der Waals surface area contributed by atoms with Crippen molar-refractivity contribution in [2.75, 3.05) is 12.8 Å². The highest BCUT2D eigenvalue weighted by atomic mass is 32.2. The predicted molar refractivity (Wildman–Crippen MR) is 74.8 cm³/mol. The van der Waals surface area contributed by atoms with Gasteiger partial charge in [-0.2, -0.15) is 0 Å². The van der Waals surface area contributed by atoms with Crippen molar-refractivity contribution in [3.05, 3.63) is 35.4 Å². The van der Waals surface area contributed by atoms with Gasteiger partial charge in [0.25, 0.3) is 5.91 Å². The second-order valence-electron chi connectivity index (χ2n) is 4.26. The molecular weight excluding hydrogens is 248 g/mol. The Bertz CT molecular complexity index is 435. The van der Waals surface area contributed by atoms with Crippen LogP contribution in [-0.2, 0) is 17.3 Å². The van der Waals surface area contributed by atoms with Crippen molar-refractivity contribution < 1.29 is 9.00 Å². The van der Waals surface area contributed by atoms with Gasteiger partial charge in [0.2, 0.25) is 0 Å². The average Bonchev–Trinajstić information content (AvgIpc) is 2.38. The molecule has 0 heterocycles. The molecule has 1 amide bonds. The van der Waals surface area contributed by atoms with Gasteiger partial charge in [-0.1, -0.05) is 19.1 Å². The minimum Gasteiger partial charge on any atom is -0.352 e. The van der Waals surface area contributed by atoms with Crippen molar-refractivity contribution in [2.45, 2.75) is 25.1 Å². The fourth-order valence-electron chi connectivity index (χ4n) is 1.50. The molecule has 18 heavy (non-hydrogen) atoms. The summed E-state index contributed by atoms with van der Waals surface area (Å²) in [5.41, 5.74) is 7.08. The summed E-state index contributed by atoms with van der Waals surface area (Å²) in [7, 11) is -0.842. The van der Waals surface area contributed by atoms with Crippen molar-refractivity contribution in [3.63, 3.8) is 0 Å². The minimum atomic E-state index is -0.842. The van der Waals surface area contributed by atoms with Gasteiger partial charge in [-0.05, 0) is 24.1 Å². The summed E-state index contributed by atoms with van der Waals surface area (Å²) in [5, 5.41) is 2.92. The number of hydrogen-bond acceptors (Lipinski definition) is 3. The zero-order chi connectivity index (χ0) is 13.5. The summed E-state index contributed by atoms with van der Waals surface area (Å²) in [6.07, 6.45) is 2.39. The van der Waals surface area contributed by atoms with Gasteiger partial charge >= 0.3 is 0 Å². The summed E-state index contributed by atoms with van der Waals surface area (Å²) >= 11 is 0. The van der Waals surface area contributed by atoms with Gasteiger partial charge in [0.15, 0.2) is 0 Å². The molecule has 0 spiro atoms. The van der Waals surface area contributed by atoms with Crippen LogP contribution in [0.3, 0.4) is 0 Å². The lowest BCUT2D eigenvalue weighted by Crippen LogP contribution is -2.27. The van der Waals surface area contributed by atoms with Gasteiger partial charge in [0, 0.05) is 41.0 Å². The van der Waals surface area contributed by atoms with Crippen LogP contribution in [0.2, 0.25) is 0 Å². The van der Waals surface area contributed by atoms with Gasteiger partial charge in [-0.15, -0.1) is 0 Å². The second-order valence-corrected chi connectivity index (χ2v) is 6.06. The average molecular weight is 268 g/mol. The topological polar surface area (TPSA) is 72.2 Å². The number of hydrogen-bond donors (Lipinski definition) is 2. The molecule has 4 nitrogen and oxygen atoms in total.